The van der Waals surface area contributed by atoms with Crippen LogP contribution < -0.4 is 21.1 Å². The lowest BCUT2D eigenvalue weighted by molar-refractivity contribution is 0.0996. The molecule has 0 aliphatic heterocycles. The van der Waals surface area contributed by atoms with Crippen LogP contribution in [-0.4, -0.2) is 22.9 Å². The molecule has 0 atom stereocenters. The number of carbonyl (C=O) groups excluding carboxylic acids is 2. The second kappa shape index (κ2) is 7.69. The van der Waals surface area contributed by atoms with Crippen molar-refractivity contribution in [3.63, 3.8) is 0 Å². The average Bonchev–Trinajstić information content (AvgIpc) is 3.32. The zero-order valence-corrected chi connectivity index (χ0v) is 15.0. The number of aryl methyl sites for hydroxylation is 1. The summed E-state index contributed by atoms with van der Waals surface area (Å²) in [7, 11) is 0. The summed E-state index contributed by atoms with van der Waals surface area (Å²) in [6, 6.07) is 4.33. The van der Waals surface area contributed by atoms with Crippen LogP contribution in [0.15, 0.2) is 18.2 Å². The number of nitrogens with one attached hydrogen (secondary N) is 2. The number of anilines is 1. The highest BCUT2D eigenvalue weighted by Gasteiger charge is 2.24. The fraction of sp³-hybridized carbons (Fsp3) is 0.353. The van der Waals surface area contributed by atoms with Gasteiger partial charge in [0.15, 0.2) is 0 Å². The summed E-state index contributed by atoms with van der Waals surface area (Å²) in [4.78, 5) is 23.6. The molecule has 1 saturated carbocycles. The minimum absolute atomic E-state index is 0.0240. The van der Waals surface area contributed by atoms with Gasteiger partial charge < -0.3 is 15.8 Å². The van der Waals surface area contributed by atoms with Crippen molar-refractivity contribution < 1.29 is 18.7 Å². The van der Waals surface area contributed by atoms with Gasteiger partial charge in [-0.05, 0) is 48.8 Å². The van der Waals surface area contributed by atoms with E-state index < -0.39 is 17.8 Å². The van der Waals surface area contributed by atoms with Crippen LogP contribution in [0.5, 0.6) is 5.88 Å². The highest BCUT2D eigenvalue weighted by molar-refractivity contribution is 7.11. The van der Waals surface area contributed by atoms with Crippen LogP contribution >= 0.6 is 11.5 Å². The molecule has 1 heterocycles. The summed E-state index contributed by atoms with van der Waals surface area (Å²) in [5.41, 5.74) is 6.49. The van der Waals surface area contributed by atoms with Crippen molar-refractivity contribution in [3.05, 3.63) is 40.7 Å². The summed E-state index contributed by atoms with van der Waals surface area (Å²) < 4.78 is 23.4. The SMILES string of the molecule is Cc1ccc(COc2nsc(NC(=O)NCC3CC3)c2C(N)=O)c(F)c1. The fourth-order valence-corrected chi connectivity index (χ4v) is 3.03. The maximum Gasteiger partial charge on any atom is 0.319 e. The van der Waals surface area contributed by atoms with Gasteiger partial charge in [-0.25, -0.2) is 9.18 Å². The summed E-state index contributed by atoms with van der Waals surface area (Å²) in [6.07, 6.45) is 2.22. The van der Waals surface area contributed by atoms with Crippen LogP contribution in [0.25, 0.3) is 0 Å². The zero-order chi connectivity index (χ0) is 18.7. The number of primary amides is 1. The Balaban J connectivity index is 1.67. The van der Waals surface area contributed by atoms with E-state index in [1.165, 1.54) is 6.07 Å². The number of hydrogen-bond acceptors (Lipinski definition) is 5. The molecular weight excluding hydrogens is 359 g/mol. The first kappa shape index (κ1) is 18.1. The van der Waals surface area contributed by atoms with Gasteiger partial charge in [-0.15, -0.1) is 0 Å². The van der Waals surface area contributed by atoms with Gasteiger partial charge in [0.25, 0.3) is 5.91 Å². The van der Waals surface area contributed by atoms with E-state index in [2.05, 4.69) is 15.0 Å². The number of hydrogen-bond donors (Lipinski definition) is 3. The zero-order valence-electron chi connectivity index (χ0n) is 14.2. The van der Waals surface area contributed by atoms with Crippen LogP contribution in [-0.2, 0) is 6.61 Å². The molecule has 7 nitrogen and oxygen atoms in total. The van der Waals surface area contributed by atoms with Gasteiger partial charge in [0.1, 0.15) is 23.0 Å². The molecule has 26 heavy (non-hydrogen) atoms. The third kappa shape index (κ3) is 4.48. The molecule has 1 fully saturated rings. The van der Waals surface area contributed by atoms with Gasteiger partial charge in [0.2, 0.25) is 5.88 Å². The smallest absolute Gasteiger partial charge is 0.319 e. The predicted octanol–water partition coefficient (Wildman–Crippen LogP) is 2.80. The lowest BCUT2D eigenvalue weighted by Crippen LogP contribution is -2.30. The van der Waals surface area contributed by atoms with E-state index >= 15 is 0 Å². The van der Waals surface area contributed by atoms with Crippen molar-refractivity contribution in [2.24, 2.45) is 11.7 Å². The minimum atomic E-state index is -0.782. The number of aromatic nitrogens is 1. The first-order chi connectivity index (χ1) is 12.4. The van der Waals surface area contributed by atoms with E-state index in [9.17, 15) is 14.0 Å². The fourth-order valence-electron chi connectivity index (χ4n) is 2.30. The normalized spacial score (nSPS) is 13.3. The number of benzene rings is 1. The van der Waals surface area contributed by atoms with E-state index in [0.29, 0.717) is 18.0 Å². The van der Waals surface area contributed by atoms with Gasteiger partial charge in [-0.1, -0.05) is 12.1 Å². The highest BCUT2D eigenvalue weighted by atomic mass is 32.1. The summed E-state index contributed by atoms with van der Waals surface area (Å²) in [6.45, 7) is 2.27. The Morgan fingerprint density at radius 3 is 2.85 bits per heavy atom. The monoisotopic (exact) mass is 378 g/mol. The third-order valence-corrected chi connectivity index (χ3v) is 4.70. The Hall–Kier alpha value is -2.68. The van der Waals surface area contributed by atoms with E-state index in [1.807, 2.05) is 0 Å². The number of ether oxygens (including phenoxy) is 1. The second-order valence-electron chi connectivity index (χ2n) is 6.22. The lowest BCUT2D eigenvalue weighted by Gasteiger charge is -2.08. The van der Waals surface area contributed by atoms with Crippen molar-refractivity contribution in [3.8, 4) is 5.88 Å². The number of nitrogens with two attached hydrogens (primary N) is 1. The van der Waals surface area contributed by atoms with Crippen molar-refractivity contribution in [1.82, 2.24) is 9.69 Å². The average molecular weight is 378 g/mol. The maximum absolute atomic E-state index is 13.9. The van der Waals surface area contributed by atoms with Crippen LogP contribution in [0, 0.1) is 18.7 Å². The number of rotatable bonds is 7. The lowest BCUT2D eigenvalue weighted by atomic mass is 10.1. The van der Waals surface area contributed by atoms with Gasteiger partial charge in [0, 0.05) is 12.1 Å². The summed E-state index contributed by atoms with van der Waals surface area (Å²) >= 11 is 0.883. The molecule has 0 spiro atoms. The van der Waals surface area contributed by atoms with E-state index in [4.69, 9.17) is 10.5 Å². The second-order valence-corrected chi connectivity index (χ2v) is 6.99. The summed E-state index contributed by atoms with van der Waals surface area (Å²) in [5, 5.41) is 5.49. The molecular formula is C17H19FN4O3S. The van der Waals surface area contributed by atoms with Crippen LogP contribution in [0.1, 0.15) is 34.3 Å². The molecule has 3 rings (SSSR count). The molecule has 0 unspecified atom stereocenters. The minimum Gasteiger partial charge on any atom is -0.471 e. The molecule has 4 N–H and O–H groups in total. The van der Waals surface area contributed by atoms with Crippen molar-refractivity contribution in [1.29, 1.82) is 0 Å². The first-order valence-corrected chi connectivity index (χ1v) is 8.93. The molecule has 1 aromatic carbocycles. The Morgan fingerprint density at radius 2 is 2.19 bits per heavy atom. The van der Waals surface area contributed by atoms with Crippen LogP contribution in [0.3, 0.4) is 0 Å². The van der Waals surface area contributed by atoms with Gasteiger partial charge >= 0.3 is 6.03 Å². The maximum atomic E-state index is 13.9. The Kier molecular flexibility index (Phi) is 5.36. The number of carbonyl (C=O) groups is 2. The molecule has 3 amide bonds. The van der Waals surface area contributed by atoms with Crippen LogP contribution in [0.4, 0.5) is 14.2 Å². The number of halogens is 1. The van der Waals surface area contributed by atoms with Crippen LogP contribution in [0.2, 0.25) is 0 Å². The number of urea groups is 1. The quantitative estimate of drug-likeness (QED) is 0.689. The molecule has 1 aliphatic rings. The molecule has 2 aromatic rings. The number of nitrogens with zero attached hydrogens (tertiary/aromatic N) is 1. The van der Waals surface area contributed by atoms with Crippen molar-refractivity contribution in [2.45, 2.75) is 26.4 Å². The standard InChI is InChI=1S/C17H19FN4O3S/c1-9-2-5-11(12(18)6-9)8-25-15-13(14(19)23)16(26-22-15)21-17(24)20-7-10-3-4-10/h2,5-6,10H,3-4,7-8H2,1H3,(H2,19,23)(H2,20,21,24). The third-order valence-electron chi connectivity index (χ3n) is 3.96. The van der Waals surface area contributed by atoms with E-state index in [1.54, 1.807) is 19.1 Å². The Morgan fingerprint density at radius 1 is 1.42 bits per heavy atom. The van der Waals surface area contributed by atoms with Crippen molar-refractivity contribution >= 4 is 28.5 Å². The molecule has 0 radical (unpaired) electrons. The molecule has 0 bridgehead atoms. The molecule has 0 saturated heterocycles. The first-order valence-electron chi connectivity index (χ1n) is 8.16. The molecule has 1 aliphatic carbocycles. The van der Waals surface area contributed by atoms with Crippen molar-refractivity contribution in [2.75, 3.05) is 11.9 Å². The molecule has 9 heteroatoms. The Bertz CT molecular complexity index is 835. The van der Waals surface area contributed by atoms with E-state index in [0.717, 1.165) is 29.9 Å². The summed E-state index contributed by atoms with van der Waals surface area (Å²) in [5.74, 6) is -0.685. The highest BCUT2D eigenvalue weighted by Crippen LogP contribution is 2.31. The van der Waals surface area contributed by atoms with Gasteiger partial charge in [-0.2, -0.15) is 4.37 Å². The predicted molar refractivity (Wildman–Crippen MR) is 95.8 cm³/mol. The van der Waals surface area contributed by atoms with Gasteiger partial charge in [0.05, 0.1) is 0 Å². The largest absolute Gasteiger partial charge is 0.471 e. The van der Waals surface area contributed by atoms with E-state index in [-0.39, 0.29) is 23.1 Å². The number of amides is 3. The van der Waals surface area contributed by atoms with Gasteiger partial charge in [-0.3, -0.25) is 10.1 Å². The Labute approximate surface area is 153 Å². The topological polar surface area (TPSA) is 106 Å². The molecule has 138 valence electrons. The molecule has 1 aromatic heterocycles.